The van der Waals surface area contributed by atoms with Crippen LogP contribution >= 0.6 is 11.3 Å². The summed E-state index contributed by atoms with van der Waals surface area (Å²) in [5, 5.41) is 7.74. The van der Waals surface area contributed by atoms with Crippen molar-refractivity contribution in [2.24, 2.45) is 5.92 Å². The Morgan fingerprint density at radius 2 is 2.16 bits per heavy atom. The first kappa shape index (κ1) is 14.5. The molecule has 0 bridgehead atoms. The quantitative estimate of drug-likeness (QED) is 0.896. The number of hydrogen-bond acceptors (Lipinski definition) is 3. The van der Waals surface area contributed by atoms with Crippen molar-refractivity contribution in [3.05, 3.63) is 22.4 Å². The van der Waals surface area contributed by atoms with E-state index in [4.69, 9.17) is 0 Å². The Hall–Kier alpha value is -0.870. The number of nitrogens with zero attached hydrogens (tertiary/aromatic N) is 1. The molecule has 0 spiro atoms. The van der Waals surface area contributed by atoms with Gasteiger partial charge in [-0.3, -0.25) is 10.1 Å². The summed E-state index contributed by atoms with van der Waals surface area (Å²) < 4.78 is 0. The van der Waals surface area contributed by atoms with Gasteiger partial charge in [0.2, 0.25) is 5.91 Å². The SMILES string of the molecule is CCC(C)N1C(=O)C(CC(C)C)NC1c1ccsc1. The molecule has 1 aromatic rings. The van der Waals surface area contributed by atoms with Crippen molar-refractivity contribution in [1.82, 2.24) is 10.2 Å². The maximum absolute atomic E-state index is 12.6. The molecule has 2 heterocycles. The molecule has 4 heteroatoms. The minimum absolute atomic E-state index is 0.0288. The van der Waals surface area contributed by atoms with Crippen LogP contribution in [0.1, 0.15) is 52.3 Å². The maximum atomic E-state index is 12.6. The van der Waals surface area contributed by atoms with Crippen LogP contribution < -0.4 is 5.32 Å². The van der Waals surface area contributed by atoms with Crippen LogP contribution in [0.15, 0.2) is 16.8 Å². The lowest BCUT2D eigenvalue weighted by Gasteiger charge is -2.29. The van der Waals surface area contributed by atoms with Crippen LogP contribution in [0.3, 0.4) is 0 Å². The molecular weight excluding hydrogens is 256 g/mol. The second-order valence-corrected chi connectivity index (χ2v) is 6.59. The van der Waals surface area contributed by atoms with Gasteiger partial charge in [-0.2, -0.15) is 11.3 Å². The summed E-state index contributed by atoms with van der Waals surface area (Å²) in [5.41, 5.74) is 1.21. The predicted molar refractivity (Wildman–Crippen MR) is 80.0 cm³/mol. The first-order valence-electron chi connectivity index (χ1n) is 7.14. The molecule has 1 aromatic heterocycles. The lowest BCUT2D eigenvalue weighted by atomic mass is 10.0. The van der Waals surface area contributed by atoms with E-state index < -0.39 is 0 Å². The molecule has 1 amide bonds. The van der Waals surface area contributed by atoms with Crippen molar-refractivity contribution < 1.29 is 4.79 Å². The maximum Gasteiger partial charge on any atom is 0.241 e. The Kier molecular flexibility index (Phi) is 4.63. The summed E-state index contributed by atoms with van der Waals surface area (Å²) in [5.74, 6) is 0.792. The van der Waals surface area contributed by atoms with Crippen LogP contribution in [0.2, 0.25) is 0 Å². The summed E-state index contributed by atoms with van der Waals surface area (Å²) in [7, 11) is 0. The fraction of sp³-hybridized carbons (Fsp3) is 0.667. The molecule has 19 heavy (non-hydrogen) atoms. The van der Waals surface area contributed by atoms with E-state index in [-0.39, 0.29) is 24.2 Å². The van der Waals surface area contributed by atoms with Gasteiger partial charge in [-0.05, 0) is 48.1 Å². The van der Waals surface area contributed by atoms with E-state index in [1.54, 1.807) is 11.3 Å². The van der Waals surface area contributed by atoms with Gasteiger partial charge in [-0.15, -0.1) is 0 Å². The van der Waals surface area contributed by atoms with Gasteiger partial charge in [-0.25, -0.2) is 0 Å². The van der Waals surface area contributed by atoms with E-state index in [1.807, 2.05) is 4.90 Å². The van der Waals surface area contributed by atoms with E-state index in [9.17, 15) is 4.79 Å². The van der Waals surface area contributed by atoms with Crippen LogP contribution in [-0.2, 0) is 4.79 Å². The van der Waals surface area contributed by atoms with E-state index in [0.29, 0.717) is 5.92 Å². The third kappa shape index (κ3) is 3.00. The summed E-state index contributed by atoms with van der Waals surface area (Å²) in [6.07, 6.45) is 1.95. The molecule has 2 rings (SSSR count). The van der Waals surface area contributed by atoms with Crippen molar-refractivity contribution in [1.29, 1.82) is 0 Å². The Balaban J connectivity index is 2.23. The number of hydrogen-bond donors (Lipinski definition) is 1. The Morgan fingerprint density at radius 3 is 2.68 bits per heavy atom. The third-order valence-electron chi connectivity index (χ3n) is 3.82. The monoisotopic (exact) mass is 280 g/mol. The molecule has 0 aromatic carbocycles. The number of carbonyl (C=O) groups is 1. The average molecular weight is 280 g/mol. The summed E-state index contributed by atoms with van der Waals surface area (Å²) >= 11 is 1.69. The van der Waals surface area contributed by atoms with Crippen molar-refractivity contribution in [2.45, 2.75) is 58.8 Å². The zero-order valence-corrected chi connectivity index (χ0v) is 13.0. The zero-order chi connectivity index (χ0) is 14.0. The van der Waals surface area contributed by atoms with Gasteiger partial charge < -0.3 is 4.90 Å². The molecule has 3 nitrogen and oxygen atoms in total. The van der Waals surface area contributed by atoms with Crippen LogP contribution in [0.25, 0.3) is 0 Å². The first-order chi connectivity index (χ1) is 9.04. The van der Waals surface area contributed by atoms with Gasteiger partial charge in [0.05, 0.1) is 6.04 Å². The highest BCUT2D eigenvalue weighted by atomic mass is 32.1. The van der Waals surface area contributed by atoms with Crippen molar-refractivity contribution in [2.75, 3.05) is 0 Å². The third-order valence-corrected chi connectivity index (χ3v) is 4.52. The number of rotatable bonds is 5. The zero-order valence-electron chi connectivity index (χ0n) is 12.2. The highest BCUT2D eigenvalue weighted by Crippen LogP contribution is 2.31. The van der Waals surface area contributed by atoms with Gasteiger partial charge in [0.1, 0.15) is 6.17 Å². The van der Waals surface area contributed by atoms with E-state index in [0.717, 1.165) is 12.8 Å². The average Bonchev–Trinajstić information content (AvgIpc) is 2.97. The molecule has 0 aliphatic carbocycles. The Morgan fingerprint density at radius 1 is 1.42 bits per heavy atom. The molecule has 1 aliphatic heterocycles. The second kappa shape index (κ2) is 6.06. The molecule has 1 N–H and O–H groups in total. The van der Waals surface area contributed by atoms with Crippen molar-refractivity contribution in [3.63, 3.8) is 0 Å². The number of thiophene rings is 1. The topological polar surface area (TPSA) is 32.3 Å². The highest BCUT2D eigenvalue weighted by Gasteiger charge is 2.41. The number of nitrogens with one attached hydrogen (secondary N) is 1. The summed E-state index contributed by atoms with van der Waals surface area (Å²) in [4.78, 5) is 14.7. The molecule has 1 fully saturated rings. The molecule has 3 atom stereocenters. The Labute approximate surface area is 120 Å². The minimum Gasteiger partial charge on any atom is -0.319 e. The van der Waals surface area contributed by atoms with Crippen molar-refractivity contribution >= 4 is 17.2 Å². The number of carbonyl (C=O) groups excluding carboxylic acids is 1. The lowest BCUT2D eigenvalue weighted by Crippen LogP contribution is -2.38. The normalized spacial score (nSPS) is 25.3. The predicted octanol–water partition coefficient (Wildman–Crippen LogP) is 3.39. The van der Waals surface area contributed by atoms with Crippen LogP contribution in [0.5, 0.6) is 0 Å². The smallest absolute Gasteiger partial charge is 0.241 e. The second-order valence-electron chi connectivity index (χ2n) is 5.81. The lowest BCUT2D eigenvalue weighted by molar-refractivity contribution is -0.132. The fourth-order valence-corrected chi connectivity index (χ4v) is 3.32. The van der Waals surface area contributed by atoms with Crippen molar-refractivity contribution in [3.8, 4) is 0 Å². The van der Waals surface area contributed by atoms with Gasteiger partial charge in [0.15, 0.2) is 0 Å². The first-order valence-corrected chi connectivity index (χ1v) is 8.09. The largest absolute Gasteiger partial charge is 0.319 e. The molecule has 3 unspecified atom stereocenters. The molecule has 1 saturated heterocycles. The molecular formula is C15H24N2OS. The van der Waals surface area contributed by atoms with Gasteiger partial charge >= 0.3 is 0 Å². The van der Waals surface area contributed by atoms with E-state index >= 15 is 0 Å². The molecule has 1 aliphatic rings. The Bertz CT molecular complexity index is 416. The van der Waals surface area contributed by atoms with Gasteiger partial charge in [-0.1, -0.05) is 20.8 Å². The van der Waals surface area contributed by atoms with Gasteiger partial charge in [0.25, 0.3) is 0 Å². The standard InChI is InChI=1S/C15H24N2OS/c1-5-11(4)17-14(12-6-7-19-9-12)16-13(15(17)18)8-10(2)3/h6-7,9-11,13-14,16H,5,8H2,1-4H3. The summed E-state index contributed by atoms with van der Waals surface area (Å²) in [6, 6.07) is 2.36. The minimum atomic E-state index is -0.0288. The van der Waals surface area contributed by atoms with Gasteiger partial charge in [0, 0.05) is 6.04 Å². The molecule has 0 saturated carbocycles. The molecule has 106 valence electrons. The van der Waals surface area contributed by atoms with Crippen LogP contribution in [0, 0.1) is 5.92 Å². The van der Waals surface area contributed by atoms with E-state index in [1.165, 1.54) is 5.56 Å². The van der Waals surface area contributed by atoms with E-state index in [2.05, 4.69) is 49.8 Å². The molecule has 0 radical (unpaired) electrons. The van der Waals surface area contributed by atoms with Crippen LogP contribution in [-0.4, -0.2) is 22.9 Å². The number of amides is 1. The highest BCUT2D eigenvalue weighted by molar-refractivity contribution is 7.07. The summed E-state index contributed by atoms with van der Waals surface area (Å²) in [6.45, 7) is 8.61. The fourth-order valence-electron chi connectivity index (χ4n) is 2.65. The van der Waals surface area contributed by atoms with Crippen LogP contribution in [0.4, 0.5) is 0 Å².